The highest BCUT2D eigenvalue weighted by Gasteiger charge is 2.11. The molecule has 0 aliphatic carbocycles. The van der Waals surface area contributed by atoms with Gasteiger partial charge in [-0.25, -0.2) is 0 Å². The molecule has 0 radical (unpaired) electrons. The van der Waals surface area contributed by atoms with Gasteiger partial charge in [0.05, 0.1) is 0 Å². The van der Waals surface area contributed by atoms with E-state index in [0.717, 1.165) is 20.4 Å². The molecule has 0 saturated heterocycles. The Morgan fingerprint density at radius 1 is 1.00 bits per heavy atom. The zero-order valence-electron chi connectivity index (χ0n) is 10.4. The quantitative estimate of drug-likeness (QED) is 0.622. The third-order valence-corrected chi connectivity index (χ3v) is 3.71. The molecule has 0 N–H and O–H groups in total. The lowest BCUT2D eigenvalue weighted by atomic mass is 10.0. The van der Waals surface area contributed by atoms with Gasteiger partial charge in [0.15, 0.2) is 5.78 Å². The van der Waals surface area contributed by atoms with Gasteiger partial charge in [-0.1, -0.05) is 12.1 Å². The minimum atomic E-state index is 0.0744. The van der Waals surface area contributed by atoms with E-state index in [2.05, 4.69) is 22.6 Å². The van der Waals surface area contributed by atoms with Crippen LogP contribution in [0.1, 0.15) is 15.9 Å². The average Bonchev–Trinajstić information content (AvgIpc) is 2.38. The number of rotatable bonds is 3. The standard InChI is InChI=1S/C15H14INO/c1-17(2)12-9-7-11(8-10-12)15(18)13-5-3-4-6-14(13)16/h3-10H,1-2H3. The van der Waals surface area contributed by atoms with Crippen LogP contribution in [0.15, 0.2) is 48.5 Å². The second-order valence-electron chi connectivity index (χ2n) is 4.25. The molecule has 0 bridgehead atoms. The Balaban J connectivity index is 2.32. The number of ketones is 1. The summed E-state index contributed by atoms with van der Waals surface area (Å²) in [6.45, 7) is 0. The molecule has 0 aliphatic rings. The van der Waals surface area contributed by atoms with Gasteiger partial charge < -0.3 is 4.90 Å². The number of hydrogen-bond donors (Lipinski definition) is 0. The normalized spacial score (nSPS) is 10.2. The Labute approximate surface area is 121 Å². The summed E-state index contributed by atoms with van der Waals surface area (Å²) in [5, 5.41) is 0. The van der Waals surface area contributed by atoms with E-state index in [4.69, 9.17) is 0 Å². The van der Waals surface area contributed by atoms with Gasteiger partial charge in [0.2, 0.25) is 0 Å². The van der Waals surface area contributed by atoms with E-state index in [1.165, 1.54) is 0 Å². The van der Waals surface area contributed by atoms with E-state index < -0.39 is 0 Å². The van der Waals surface area contributed by atoms with Gasteiger partial charge in [-0.2, -0.15) is 0 Å². The smallest absolute Gasteiger partial charge is 0.194 e. The molecule has 0 unspecified atom stereocenters. The lowest BCUT2D eigenvalue weighted by Gasteiger charge is -2.12. The van der Waals surface area contributed by atoms with E-state index >= 15 is 0 Å². The van der Waals surface area contributed by atoms with Crippen molar-refractivity contribution >= 4 is 34.1 Å². The van der Waals surface area contributed by atoms with Crippen LogP contribution >= 0.6 is 22.6 Å². The van der Waals surface area contributed by atoms with Gasteiger partial charge in [-0.15, -0.1) is 0 Å². The molecule has 2 rings (SSSR count). The number of halogens is 1. The lowest BCUT2D eigenvalue weighted by Crippen LogP contribution is -2.09. The third-order valence-electron chi connectivity index (χ3n) is 2.76. The number of nitrogens with zero attached hydrogens (tertiary/aromatic N) is 1. The molecule has 18 heavy (non-hydrogen) atoms. The van der Waals surface area contributed by atoms with Crippen LogP contribution in [0, 0.1) is 3.57 Å². The van der Waals surface area contributed by atoms with Crippen LogP contribution in [0.3, 0.4) is 0 Å². The van der Waals surface area contributed by atoms with E-state index in [0.29, 0.717) is 0 Å². The molecule has 0 saturated carbocycles. The molecule has 2 aromatic carbocycles. The Hall–Kier alpha value is -1.36. The van der Waals surface area contributed by atoms with Gasteiger partial charge in [0.25, 0.3) is 0 Å². The summed E-state index contributed by atoms with van der Waals surface area (Å²) in [5.41, 5.74) is 2.58. The fourth-order valence-electron chi connectivity index (χ4n) is 1.71. The second kappa shape index (κ2) is 5.52. The van der Waals surface area contributed by atoms with Crippen molar-refractivity contribution in [2.45, 2.75) is 0 Å². The summed E-state index contributed by atoms with van der Waals surface area (Å²) in [6, 6.07) is 15.3. The molecule has 2 aromatic rings. The van der Waals surface area contributed by atoms with Crippen molar-refractivity contribution in [3.63, 3.8) is 0 Å². The average molecular weight is 351 g/mol. The van der Waals surface area contributed by atoms with Crippen molar-refractivity contribution < 1.29 is 4.79 Å². The zero-order chi connectivity index (χ0) is 13.1. The summed E-state index contributed by atoms with van der Waals surface area (Å²) >= 11 is 2.19. The number of anilines is 1. The first kappa shape index (κ1) is 13.1. The van der Waals surface area contributed by atoms with Gasteiger partial charge in [-0.3, -0.25) is 4.79 Å². The zero-order valence-corrected chi connectivity index (χ0v) is 12.5. The van der Waals surface area contributed by atoms with Crippen molar-refractivity contribution in [2.75, 3.05) is 19.0 Å². The Morgan fingerprint density at radius 2 is 1.61 bits per heavy atom. The van der Waals surface area contributed by atoms with Crippen molar-refractivity contribution in [2.24, 2.45) is 0 Å². The predicted octanol–water partition coefficient (Wildman–Crippen LogP) is 3.59. The monoisotopic (exact) mass is 351 g/mol. The molecule has 0 fully saturated rings. The van der Waals surface area contributed by atoms with E-state index in [9.17, 15) is 4.79 Å². The summed E-state index contributed by atoms with van der Waals surface area (Å²) in [6.07, 6.45) is 0. The molecular weight excluding hydrogens is 337 g/mol. The molecule has 92 valence electrons. The van der Waals surface area contributed by atoms with E-state index in [1.54, 1.807) is 0 Å². The number of carbonyl (C=O) groups excluding carboxylic acids is 1. The van der Waals surface area contributed by atoms with Gasteiger partial charge in [0, 0.05) is 34.5 Å². The van der Waals surface area contributed by atoms with Crippen LogP contribution in [-0.4, -0.2) is 19.9 Å². The molecule has 0 atom stereocenters. The maximum Gasteiger partial charge on any atom is 0.194 e. The molecule has 0 aromatic heterocycles. The topological polar surface area (TPSA) is 20.3 Å². The molecule has 0 amide bonds. The molecule has 0 heterocycles. The first-order valence-corrected chi connectivity index (χ1v) is 6.74. The fourth-order valence-corrected chi connectivity index (χ4v) is 2.34. The minimum Gasteiger partial charge on any atom is -0.378 e. The third kappa shape index (κ3) is 2.72. The largest absolute Gasteiger partial charge is 0.378 e. The lowest BCUT2D eigenvalue weighted by molar-refractivity contribution is 0.103. The van der Waals surface area contributed by atoms with Crippen LogP contribution in [0.5, 0.6) is 0 Å². The van der Waals surface area contributed by atoms with Crippen LogP contribution in [0.4, 0.5) is 5.69 Å². The van der Waals surface area contributed by atoms with Crippen molar-refractivity contribution in [1.82, 2.24) is 0 Å². The Morgan fingerprint density at radius 3 is 2.17 bits per heavy atom. The second-order valence-corrected chi connectivity index (χ2v) is 5.41. The summed E-state index contributed by atoms with van der Waals surface area (Å²) in [7, 11) is 3.97. The van der Waals surface area contributed by atoms with E-state index in [1.807, 2.05) is 67.5 Å². The van der Waals surface area contributed by atoms with Crippen LogP contribution < -0.4 is 4.90 Å². The molecule has 0 spiro atoms. The summed E-state index contributed by atoms with van der Waals surface area (Å²) in [4.78, 5) is 14.3. The van der Waals surface area contributed by atoms with Gasteiger partial charge in [0.1, 0.15) is 0 Å². The first-order valence-electron chi connectivity index (χ1n) is 5.66. The van der Waals surface area contributed by atoms with Crippen LogP contribution in [0.2, 0.25) is 0 Å². The first-order chi connectivity index (χ1) is 8.59. The SMILES string of the molecule is CN(C)c1ccc(C(=O)c2ccccc2I)cc1. The van der Waals surface area contributed by atoms with Crippen molar-refractivity contribution in [3.05, 3.63) is 63.2 Å². The van der Waals surface area contributed by atoms with Crippen molar-refractivity contribution in [1.29, 1.82) is 0 Å². The number of hydrogen-bond acceptors (Lipinski definition) is 2. The Bertz CT molecular complexity index is 561. The van der Waals surface area contributed by atoms with Crippen molar-refractivity contribution in [3.8, 4) is 0 Å². The molecule has 0 aliphatic heterocycles. The summed E-state index contributed by atoms with van der Waals surface area (Å²) in [5.74, 6) is 0.0744. The number of carbonyl (C=O) groups is 1. The highest BCUT2D eigenvalue weighted by molar-refractivity contribution is 14.1. The minimum absolute atomic E-state index is 0.0744. The molecule has 2 nitrogen and oxygen atoms in total. The summed E-state index contributed by atoms with van der Waals surface area (Å²) < 4.78 is 0.983. The van der Waals surface area contributed by atoms with Gasteiger partial charge >= 0.3 is 0 Å². The highest BCUT2D eigenvalue weighted by atomic mass is 127. The van der Waals surface area contributed by atoms with Crippen LogP contribution in [-0.2, 0) is 0 Å². The van der Waals surface area contributed by atoms with E-state index in [-0.39, 0.29) is 5.78 Å². The Kier molecular flexibility index (Phi) is 4.01. The van der Waals surface area contributed by atoms with Gasteiger partial charge in [-0.05, 0) is 59.0 Å². The number of benzene rings is 2. The molecular formula is C15H14INO. The fraction of sp³-hybridized carbons (Fsp3) is 0.133. The maximum absolute atomic E-state index is 12.3. The maximum atomic E-state index is 12.3. The van der Waals surface area contributed by atoms with Crippen LogP contribution in [0.25, 0.3) is 0 Å². The highest BCUT2D eigenvalue weighted by Crippen LogP contribution is 2.18. The molecule has 3 heteroatoms. The predicted molar refractivity (Wildman–Crippen MR) is 83.4 cm³/mol.